The van der Waals surface area contributed by atoms with Crippen LogP contribution in [0.25, 0.3) is 0 Å². The highest BCUT2D eigenvalue weighted by Crippen LogP contribution is 2.16. The van der Waals surface area contributed by atoms with Crippen LogP contribution >= 0.6 is 0 Å². The number of hydrogen-bond donors (Lipinski definition) is 1. The zero-order valence-corrected chi connectivity index (χ0v) is 13.4. The topological polar surface area (TPSA) is 69.0 Å². The molecule has 0 saturated carbocycles. The second-order valence-corrected chi connectivity index (χ2v) is 5.08. The normalized spacial score (nSPS) is 9.96. The summed E-state index contributed by atoms with van der Waals surface area (Å²) in [5.74, 6) is 0.759. The number of amides is 1. The van der Waals surface area contributed by atoms with Crippen LogP contribution in [0.3, 0.4) is 0 Å². The Morgan fingerprint density at radius 2 is 1.87 bits per heavy atom. The fourth-order valence-corrected chi connectivity index (χ4v) is 2.28. The summed E-state index contributed by atoms with van der Waals surface area (Å²) in [5.41, 5.74) is 2.22. The van der Waals surface area contributed by atoms with Gasteiger partial charge in [-0.1, -0.05) is 18.2 Å². The first-order valence-electron chi connectivity index (χ1n) is 7.67. The Hall–Kier alpha value is -2.87. The maximum atomic E-state index is 12.1. The third-order valence-corrected chi connectivity index (χ3v) is 3.56. The van der Waals surface area contributed by atoms with E-state index in [9.17, 15) is 4.79 Å². The summed E-state index contributed by atoms with van der Waals surface area (Å²) in [4.78, 5) is 18.1. The van der Waals surface area contributed by atoms with Gasteiger partial charge in [-0.15, -0.1) is 0 Å². The lowest BCUT2D eigenvalue weighted by Crippen LogP contribution is -2.31. The van der Waals surface area contributed by atoms with Gasteiger partial charge in [0.1, 0.15) is 17.6 Å². The highest BCUT2D eigenvalue weighted by atomic mass is 16.2. The van der Waals surface area contributed by atoms with Crippen LogP contribution in [0.5, 0.6) is 0 Å². The van der Waals surface area contributed by atoms with Crippen molar-refractivity contribution in [1.82, 2.24) is 9.88 Å². The van der Waals surface area contributed by atoms with Crippen molar-refractivity contribution >= 4 is 17.4 Å². The van der Waals surface area contributed by atoms with E-state index in [2.05, 4.69) is 10.3 Å². The van der Waals surface area contributed by atoms with Crippen molar-refractivity contribution in [1.29, 1.82) is 5.26 Å². The number of rotatable bonds is 6. The Kier molecular flexibility index (Phi) is 5.70. The van der Waals surface area contributed by atoms with E-state index >= 15 is 0 Å². The molecule has 2 rings (SSSR count). The number of anilines is 2. The van der Waals surface area contributed by atoms with E-state index in [4.69, 9.17) is 5.26 Å². The van der Waals surface area contributed by atoms with E-state index in [-0.39, 0.29) is 5.91 Å². The van der Waals surface area contributed by atoms with Crippen LogP contribution < -0.4 is 5.32 Å². The zero-order valence-electron chi connectivity index (χ0n) is 13.4. The molecule has 1 amide bonds. The van der Waals surface area contributed by atoms with Gasteiger partial charge in [0.2, 0.25) is 5.91 Å². The summed E-state index contributed by atoms with van der Waals surface area (Å²) < 4.78 is 0. The number of likely N-dealkylation sites (N-methyl/N-ethyl adjacent to an activating group) is 1. The van der Waals surface area contributed by atoms with Gasteiger partial charge in [0.25, 0.3) is 0 Å². The minimum absolute atomic E-state index is 0.138. The van der Waals surface area contributed by atoms with Crippen molar-refractivity contribution in [3.05, 3.63) is 53.7 Å². The van der Waals surface area contributed by atoms with Gasteiger partial charge in [-0.05, 0) is 43.7 Å². The quantitative estimate of drug-likeness (QED) is 0.890. The molecule has 0 saturated heterocycles. The maximum Gasteiger partial charge on any atom is 0.226 e. The lowest BCUT2D eigenvalue weighted by molar-refractivity contribution is -0.130. The van der Waals surface area contributed by atoms with Crippen molar-refractivity contribution in [3.8, 4) is 6.07 Å². The van der Waals surface area contributed by atoms with Gasteiger partial charge in [-0.25, -0.2) is 4.98 Å². The number of carbonyl (C=O) groups excluding carboxylic acids is 1. The molecule has 0 bridgehead atoms. The molecule has 0 aliphatic heterocycles. The number of nitriles is 1. The minimum Gasteiger partial charge on any atom is -0.343 e. The number of hydrogen-bond acceptors (Lipinski definition) is 4. The molecule has 0 spiro atoms. The van der Waals surface area contributed by atoms with E-state index in [1.807, 2.05) is 49.1 Å². The Balaban J connectivity index is 2.02. The van der Waals surface area contributed by atoms with Crippen LogP contribution in [0.2, 0.25) is 0 Å². The molecule has 1 aromatic heterocycles. The van der Waals surface area contributed by atoms with Gasteiger partial charge in [0, 0.05) is 18.8 Å². The summed E-state index contributed by atoms with van der Waals surface area (Å²) in [6, 6.07) is 14.9. The lowest BCUT2D eigenvalue weighted by atomic mass is 10.1. The van der Waals surface area contributed by atoms with Gasteiger partial charge >= 0.3 is 0 Å². The van der Waals surface area contributed by atoms with Crippen molar-refractivity contribution in [2.75, 3.05) is 18.4 Å². The second kappa shape index (κ2) is 7.95. The lowest BCUT2D eigenvalue weighted by Gasteiger charge is -2.18. The van der Waals surface area contributed by atoms with E-state index in [1.54, 1.807) is 18.2 Å². The summed E-state index contributed by atoms with van der Waals surface area (Å²) in [7, 11) is 0. The van der Waals surface area contributed by atoms with E-state index in [0.717, 1.165) is 24.3 Å². The minimum atomic E-state index is 0.138. The molecule has 2 aromatic rings. The van der Waals surface area contributed by atoms with Crippen molar-refractivity contribution in [2.24, 2.45) is 0 Å². The molecule has 1 heterocycles. The van der Waals surface area contributed by atoms with E-state index in [1.165, 1.54) is 0 Å². The molecule has 5 heteroatoms. The molecule has 5 nitrogen and oxygen atoms in total. The third kappa shape index (κ3) is 4.55. The summed E-state index contributed by atoms with van der Waals surface area (Å²) >= 11 is 0. The van der Waals surface area contributed by atoms with E-state index in [0.29, 0.717) is 17.9 Å². The molecule has 0 radical (unpaired) electrons. The Bertz CT molecular complexity index is 700. The standard InChI is InChI=1S/C18H20N4O/c1-3-22(4-2)18(23)12-14-8-10-15(11-9-14)20-17-7-5-6-16(13-19)21-17/h5-11H,3-4,12H2,1-2H3,(H,20,21). The van der Waals surface area contributed by atoms with Crippen LogP contribution in [0, 0.1) is 11.3 Å². The molecule has 0 unspecified atom stereocenters. The van der Waals surface area contributed by atoms with Gasteiger partial charge in [-0.2, -0.15) is 5.26 Å². The average molecular weight is 308 g/mol. The molecule has 0 atom stereocenters. The molecule has 0 fully saturated rings. The first-order valence-corrected chi connectivity index (χ1v) is 7.67. The predicted molar refractivity (Wildman–Crippen MR) is 90.3 cm³/mol. The van der Waals surface area contributed by atoms with Crippen molar-refractivity contribution in [2.45, 2.75) is 20.3 Å². The molecular formula is C18H20N4O. The first-order chi connectivity index (χ1) is 11.2. The van der Waals surface area contributed by atoms with Crippen molar-refractivity contribution < 1.29 is 4.79 Å². The molecule has 0 aliphatic rings. The molecule has 0 aliphatic carbocycles. The monoisotopic (exact) mass is 308 g/mol. The number of aromatic nitrogens is 1. The van der Waals surface area contributed by atoms with E-state index < -0.39 is 0 Å². The van der Waals surface area contributed by atoms with Crippen LogP contribution in [-0.4, -0.2) is 28.9 Å². The summed E-state index contributed by atoms with van der Waals surface area (Å²) in [6.45, 7) is 5.43. The molecule has 118 valence electrons. The predicted octanol–water partition coefficient (Wildman–Crippen LogP) is 3.11. The Labute approximate surface area is 136 Å². The maximum absolute atomic E-state index is 12.1. The van der Waals surface area contributed by atoms with Crippen LogP contribution in [0.1, 0.15) is 25.1 Å². The van der Waals surface area contributed by atoms with Gasteiger partial charge in [-0.3, -0.25) is 4.79 Å². The van der Waals surface area contributed by atoms with Gasteiger partial charge in [0.15, 0.2) is 0 Å². The zero-order chi connectivity index (χ0) is 16.7. The molecule has 1 N–H and O–H groups in total. The largest absolute Gasteiger partial charge is 0.343 e. The average Bonchev–Trinajstić information content (AvgIpc) is 2.58. The SMILES string of the molecule is CCN(CC)C(=O)Cc1ccc(Nc2cccc(C#N)n2)cc1. The molecular weight excluding hydrogens is 288 g/mol. The fourth-order valence-electron chi connectivity index (χ4n) is 2.28. The van der Waals surface area contributed by atoms with Crippen molar-refractivity contribution in [3.63, 3.8) is 0 Å². The highest BCUT2D eigenvalue weighted by molar-refractivity contribution is 5.78. The Morgan fingerprint density at radius 3 is 2.48 bits per heavy atom. The van der Waals surface area contributed by atoms with Crippen LogP contribution in [0.4, 0.5) is 11.5 Å². The number of nitrogens with zero attached hydrogens (tertiary/aromatic N) is 3. The second-order valence-electron chi connectivity index (χ2n) is 5.08. The summed E-state index contributed by atoms with van der Waals surface area (Å²) in [6.07, 6.45) is 0.407. The van der Waals surface area contributed by atoms with Gasteiger partial charge in [0.05, 0.1) is 6.42 Å². The molecule has 23 heavy (non-hydrogen) atoms. The number of benzene rings is 1. The number of carbonyl (C=O) groups is 1. The third-order valence-electron chi connectivity index (χ3n) is 3.56. The first kappa shape index (κ1) is 16.5. The van der Waals surface area contributed by atoms with Crippen LogP contribution in [0.15, 0.2) is 42.5 Å². The Morgan fingerprint density at radius 1 is 1.17 bits per heavy atom. The number of pyridine rings is 1. The number of nitrogens with one attached hydrogen (secondary N) is 1. The summed E-state index contributed by atoms with van der Waals surface area (Å²) in [5, 5.41) is 12.0. The van der Waals surface area contributed by atoms with Gasteiger partial charge < -0.3 is 10.2 Å². The highest BCUT2D eigenvalue weighted by Gasteiger charge is 2.10. The smallest absolute Gasteiger partial charge is 0.226 e. The molecule has 1 aromatic carbocycles. The fraction of sp³-hybridized carbons (Fsp3) is 0.278. The van der Waals surface area contributed by atoms with Crippen LogP contribution in [-0.2, 0) is 11.2 Å².